The van der Waals surface area contributed by atoms with Crippen molar-refractivity contribution in [1.82, 2.24) is 0 Å². The standard InChI is InChI=1S/C14H10Br2O/c15-13-7-6-11(9-17)14(16)12(13)8-10-4-2-1-3-5-10/h1-7,9H,8H2. The van der Waals surface area contributed by atoms with Crippen LogP contribution in [0.15, 0.2) is 51.4 Å². The predicted octanol–water partition coefficient (Wildman–Crippen LogP) is 4.61. The first-order valence-electron chi connectivity index (χ1n) is 5.18. The van der Waals surface area contributed by atoms with Gasteiger partial charge in [-0.15, -0.1) is 0 Å². The SMILES string of the molecule is O=Cc1ccc(Br)c(Cc2ccccc2)c1Br. The van der Waals surface area contributed by atoms with Crippen LogP contribution in [-0.4, -0.2) is 6.29 Å². The zero-order valence-corrected chi connectivity index (χ0v) is 12.2. The van der Waals surface area contributed by atoms with E-state index in [0.29, 0.717) is 5.56 Å². The van der Waals surface area contributed by atoms with E-state index in [-0.39, 0.29) is 0 Å². The van der Waals surface area contributed by atoms with Gasteiger partial charge in [0.05, 0.1) is 0 Å². The number of carbonyl (C=O) groups is 1. The summed E-state index contributed by atoms with van der Waals surface area (Å²) >= 11 is 7.01. The highest BCUT2D eigenvalue weighted by Gasteiger charge is 2.09. The van der Waals surface area contributed by atoms with Gasteiger partial charge in [-0.2, -0.15) is 0 Å². The fourth-order valence-corrected chi connectivity index (χ4v) is 2.98. The van der Waals surface area contributed by atoms with Gasteiger partial charge in [-0.1, -0.05) is 46.3 Å². The number of hydrogen-bond donors (Lipinski definition) is 0. The van der Waals surface area contributed by atoms with Gasteiger partial charge >= 0.3 is 0 Å². The van der Waals surface area contributed by atoms with Gasteiger partial charge in [0.2, 0.25) is 0 Å². The van der Waals surface area contributed by atoms with E-state index in [1.807, 2.05) is 24.3 Å². The molecule has 0 amide bonds. The molecule has 0 unspecified atom stereocenters. The van der Waals surface area contributed by atoms with Crippen LogP contribution >= 0.6 is 31.9 Å². The van der Waals surface area contributed by atoms with Crippen molar-refractivity contribution in [3.8, 4) is 0 Å². The van der Waals surface area contributed by atoms with Crippen molar-refractivity contribution in [3.05, 3.63) is 68.1 Å². The van der Waals surface area contributed by atoms with Gasteiger partial charge in [-0.25, -0.2) is 0 Å². The summed E-state index contributed by atoms with van der Waals surface area (Å²) in [4.78, 5) is 10.9. The largest absolute Gasteiger partial charge is 0.298 e. The molecule has 2 rings (SSSR count). The molecule has 0 heterocycles. The van der Waals surface area contributed by atoms with Crippen molar-refractivity contribution in [3.63, 3.8) is 0 Å². The molecule has 0 fully saturated rings. The van der Waals surface area contributed by atoms with Crippen molar-refractivity contribution in [1.29, 1.82) is 0 Å². The third kappa shape index (κ3) is 2.85. The summed E-state index contributed by atoms with van der Waals surface area (Å²) in [7, 11) is 0. The lowest BCUT2D eigenvalue weighted by Crippen LogP contribution is -1.95. The maximum Gasteiger partial charge on any atom is 0.151 e. The summed E-state index contributed by atoms with van der Waals surface area (Å²) in [5.41, 5.74) is 3.00. The first-order valence-corrected chi connectivity index (χ1v) is 6.77. The van der Waals surface area contributed by atoms with Crippen LogP contribution in [0.3, 0.4) is 0 Å². The summed E-state index contributed by atoms with van der Waals surface area (Å²) in [5.74, 6) is 0. The molecule has 0 aliphatic heterocycles. The minimum atomic E-state index is 0.680. The lowest BCUT2D eigenvalue weighted by molar-refractivity contribution is 0.112. The maximum absolute atomic E-state index is 10.9. The fraction of sp³-hybridized carbons (Fsp3) is 0.0714. The Morgan fingerprint density at radius 2 is 1.71 bits per heavy atom. The molecule has 1 nitrogen and oxygen atoms in total. The van der Waals surface area contributed by atoms with Gasteiger partial charge in [0.15, 0.2) is 6.29 Å². The lowest BCUT2D eigenvalue weighted by Gasteiger charge is -2.09. The Morgan fingerprint density at radius 1 is 1.00 bits per heavy atom. The molecule has 3 heteroatoms. The van der Waals surface area contributed by atoms with E-state index in [0.717, 1.165) is 27.2 Å². The number of benzene rings is 2. The van der Waals surface area contributed by atoms with Crippen LogP contribution in [0.2, 0.25) is 0 Å². The monoisotopic (exact) mass is 352 g/mol. The molecule has 2 aromatic rings. The van der Waals surface area contributed by atoms with Crippen LogP contribution in [0.4, 0.5) is 0 Å². The first kappa shape index (κ1) is 12.5. The molecule has 86 valence electrons. The molecule has 2 aromatic carbocycles. The van der Waals surface area contributed by atoms with Crippen LogP contribution < -0.4 is 0 Å². The smallest absolute Gasteiger partial charge is 0.151 e. The lowest BCUT2D eigenvalue weighted by atomic mass is 10.0. The first-order chi connectivity index (χ1) is 8.22. The Kier molecular flexibility index (Phi) is 4.13. The molecule has 0 bridgehead atoms. The van der Waals surface area contributed by atoms with E-state index < -0.39 is 0 Å². The molecule has 0 N–H and O–H groups in total. The molecule has 17 heavy (non-hydrogen) atoms. The minimum absolute atomic E-state index is 0.680. The number of carbonyl (C=O) groups excluding carboxylic acids is 1. The topological polar surface area (TPSA) is 17.1 Å². The fourth-order valence-electron chi connectivity index (χ4n) is 1.67. The van der Waals surface area contributed by atoms with E-state index in [1.54, 1.807) is 6.07 Å². The Morgan fingerprint density at radius 3 is 2.35 bits per heavy atom. The van der Waals surface area contributed by atoms with Crippen molar-refractivity contribution >= 4 is 38.1 Å². The third-order valence-corrected chi connectivity index (χ3v) is 4.25. The molecule has 0 saturated carbocycles. The van der Waals surface area contributed by atoms with Gasteiger partial charge < -0.3 is 0 Å². The molecule has 0 saturated heterocycles. The number of rotatable bonds is 3. The van der Waals surface area contributed by atoms with Crippen LogP contribution in [-0.2, 0) is 6.42 Å². The van der Waals surface area contributed by atoms with Crippen molar-refractivity contribution in [2.45, 2.75) is 6.42 Å². The molecule has 0 radical (unpaired) electrons. The summed E-state index contributed by atoms with van der Waals surface area (Å²) in [5, 5.41) is 0. The van der Waals surface area contributed by atoms with Crippen LogP contribution in [0, 0.1) is 0 Å². The Balaban J connectivity index is 2.42. The summed E-state index contributed by atoms with van der Waals surface area (Å²) in [6.07, 6.45) is 1.66. The third-order valence-electron chi connectivity index (χ3n) is 2.57. The summed E-state index contributed by atoms with van der Waals surface area (Å²) in [6.45, 7) is 0. The van der Waals surface area contributed by atoms with Crippen molar-refractivity contribution in [2.75, 3.05) is 0 Å². The van der Waals surface area contributed by atoms with Crippen LogP contribution in [0.5, 0.6) is 0 Å². The van der Waals surface area contributed by atoms with Crippen LogP contribution in [0.25, 0.3) is 0 Å². The highest BCUT2D eigenvalue weighted by Crippen LogP contribution is 2.30. The number of hydrogen-bond acceptors (Lipinski definition) is 1. The van der Waals surface area contributed by atoms with E-state index in [9.17, 15) is 4.79 Å². The summed E-state index contributed by atoms with van der Waals surface area (Å²) < 4.78 is 1.88. The average Bonchev–Trinajstić information content (AvgIpc) is 2.36. The van der Waals surface area contributed by atoms with Gasteiger partial charge in [0.25, 0.3) is 0 Å². The molecule has 0 aromatic heterocycles. The average molecular weight is 354 g/mol. The van der Waals surface area contributed by atoms with Gasteiger partial charge in [-0.3, -0.25) is 4.79 Å². The normalized spacial score (nSPS) is 10.2. The minimum Gasteiger partial charge on any atom is -0.298 e. The van der Waals surface area contributed by atoms with Gasteiger partial charge in [0, 0.05) is 14.5 Å². The van der Waals surface area contributed by atoms with E-state index >= 15 is 0 Å². The van der Waals surface area contributed by atoms with Crippen molar-refractivity contribution < 1.29 is 4.79 Å². The molecule has 0 atom stereocenters. The molecule has 0 aliphatic rings. The Labute approximate surface area is 117 Å². The molecular weight excluding hydrogens is 344 g/mol. The van der Waals surface area contributed by atoms with Gasteiger partial charge in [-0.05, 0) is 45.6 Å². The second kappa shape index (κ2) is 5.61. The zero-order chi connectivity index (χ0) is 12.3. The Bertz CT molecular complexity index is 535. The predicted molar refractivity (Wildman–Crippen MR) is 76.5 cm³/mol. The molecule has 0 aliphatic carbocycles. The molecule has 0 spiro atoms. The second-order valence-corrected chi connectivity index (χ2v) is 5.36. The molecular formula is C14H10Br2O. The maximum atomic E-state index is 10.9. The van der Waals surface area contributed by atoms with Crippen LogP contribution in [0.1, 0.15) is 21.5 Å². The van der Waals surface area contributed by atoms with Crippen molar-refractivity contribution in [2.24, 2.45) is 0 Å². The van der Waals surface area contributed by atoms with Gasteiger partial charge in [0.1, 0.15) is 0 Å². The number of aldehydes is 1. The Hall–Kier alpha value is -0.930. The zero-order valence-electron chi connectivity index (χ0n) is 8.99. The van der Waals surface area contributed by atoms with E-state index in [1.165, 1.54) is 5.56 Å². The van der Waals surface area contributed by atoms with E-state index in [4.69, 9.17) is 0 Å². The highest BCUT2D eigenvalue weighted by atomic mass is 79.9. The number of halogens is 2. The second-order valence-electron chi connectivity index (χ2n) is 3.71. The summed E-state index contributed by atoms with van der Waals surface area (Å²) in [6, 6.07) is 13.9. The quantitative estimate of drug-likeness (QED) is 0.736. The highest BCUT2D eigenvalue weighted by molar-refractivity contribution is 9.11. The van der Waals surface area contributed by atoms with E-state index in [2.05, 4.69) is 44.0 Å².